The van der Waals surface area contributed by atoms with Gasteiger partial charge in [-0.15, -0.1) is 0 Å². The molecule has 0 heterocycles. The van der Waals surface area contributed by atoms with Crippen molar-refractivity contribution in [1.29, 1.82) is 0 Å². The number of carbonyl (C=O) groups excluding carboxylic acids is 1. The average molecular weight is 306 g/mol. The van der Waals surface area contributed by atoms with E-state index >= 15 is 0 Å². The molecule has 0 aliphatic heterocycles. The van der Waals surface area contributed by atoms with Crippen LogP contribution in [0.25, 0.3) is 0 Å². The largest absolute Gasteiger partial charge is 0.395 e. The normalized spacial score (nSPS) is 11.0. The fourth-order valence-electron chi connectivity index (χ4n) is 1.73. The molecule has 106 valence electrons. The van der Waals surface area contributed by atoms with E-state index in [9.17, 15) is 4.79 Å². The number of hydrogen-bond acceptors (Lipinski definition) is 4. The number of halogens is 2. The van der Waals surface area contributed by atoms with Crippen molar-refractivity contribution in [2.75, 3.05) is 32.8 Å². The highest BCUT2D eigenvalue weighted by molar-refractivity contribution is 6.43. The van der Waals surface area contributed by atoms with E-state index in [0.29, 0.717) is 30.2 Å². The Morgan fingerprint density at radius 1 is 1.11 bits per heavy atom. The van der Waals surface area contributed by atoms with Crippen molar-refractivity contribution in [2.45, 2.75) is 6.42 Å². The van der Waals surface area contributed by atoms with Crippen molar-refractivity contribution in [2.24, 2.45) is 0 Å². The number of Topliss-reactive ketones (excluding diaryl/α,β-unsaturated/α-hetero) is 1. The van der Waals surface area contributed by atoms with Crippen LogP contribution in [-0.4, -0.2) is 53.7 Å². The Hall–Kier alpha value is -0.650. The van der Waals surface area contributed by atoms with Crippen LogP contribution in [0.1, 0.15) is 16.8 Å². The molecule has 0 bridgehead atoms. The zero-order chi connectivity index (χ0) is 14.3. The van der Waals surface area contributed by atoms with Crippen LogP contribution in [-0.2, 0) is 0 Å². The van der Waals surface area contributed by atoms with Crippen molar-refractivity contribution < 1.29 is 15.0 Å². The molecule has 0 saturated carbocycles. The van der Waals surface area contributed by atoms with Crippen LogP contribution in [0.4, 0.5) is 0 Å². The summed E-state index contributed by atoms with van der Waals surface area (Å²) >= 11 is 11.8. The highest BCUT2D eigenvalue weighted by atomic mass is 35.5. The molecular formula is C13H17Cl2NO3. The third-order valence-corrected chi connectivity index (χ3v) is 3.56. The first-order valence-electron chi connectivity index (χ1n) is 6.01. The smallest absolute Gasteiger partial charge is 0.165 e. The maximum Gasteiger partial charge on any atom is 0.165 e. The van der Waals surface area contributed by atoms with Gasteiger partial charge in [-0.1, -0.05) is 29.3 Å². The number of nitrogens with zero attached hydrogens (tertiary/aromatic N) is 1. The van der Waals surface area contributed by atoms with Crippen LogP contribution >= 0.6 is 23.2 Å². The van der Waals surface area contributed by atoms with Gasteiger partial charge in [0.2, 0.25) is 0 Å². The third kappa shape index (κ3) is 5.09. The molecule has 2 N–H and O–H groups in total. The van der Waals surface area contributed by atoms with Gasteiger partial charge in [-0.2, -0.15) is 0 Å². The molecular weight excluding hydrogens is 289 g/mol. The Kier molecular flexibility index (Phi) is 7.34. The summed E-state index contributed by atoms with van der Waals surface area (Å²) in [5.41, 5.74) is 0.405. The quantitative estimate of drug-likeness (QED) is 0.720. The van der Waals surface area contributed by atoms with Crippen LogP contribution in [0.15, 0.2) is 18.2 Å². The van der Waals surface area contributed by atoms with Gasteiger partial charge in [-0.3, -0.25) is 9.69 Å². The SMILES string of the molecule is O=C(CCN(CCO)CCO)c1cccc(Cl)c1Cl. The number of carbonyl (C=O) groups is 1. The molecule has 4 nitrogen and oxygen atoms in total. The molecule has 0 atom stereocenters. The van der Waals surface area contributed by atoms with Gasteiger partial charge < -0.3 is 10.2 Å². The van der Waals surface area contributed by atoms with Gasteiger partial charge in [0.05, 0.1) is 23.3 Å². The average Bonchev–Trinajstić information content (AvgIpc) is 2.39. The van der Waals surface area contributed by atoms with Crippen LogP contribution < -0.4 is 0 Å². The monoisotopic (exact) mass is 305 g/mol. The summed E-state index contributed by atoms with van der Waals surface area (Å²) < 4.78 is 0. The van der Waals surface area contributed by atoms with Gasteiger partial charge in [0.15, 0.2) is 5.78 Å². The lowest BCUT2D eigenvalue weighted by Gasteiger charge is -2.19. The van der Waals surface area contributed by atoms with Gasteiger partial charge >= 0.3 is 0 Å². The van der Waals surface area contributed by atoms with E-state index in [1.165, 1.54) is 0 Å². The summed E-state index contributed by atoms with van der Waals surface area (Å²) in [6.45, 7) is 1.30. The van der Waals surface area contributed by atoms with Gasteiger partial charge in [-0.25, -0.2) is 0 Å². The van der Waals surface area contributed by atoms with Crippen LogP contribution in [0.5, 0.6) is 0 Å². The van der Waals surface area contributed by atoms with E-state index in [2.05, 4.69) is 0 Å². The lowest BCUT2D eigenvalue weighted by molar-refractivity contribution is 0.0947. The summed E-state index contributed by atoms with van der Waals surface area (Å²) in [4.78, 5) is 13.9. The Labute approximate surface area is 122 Å². The Morgan fingerprint density at radius 2 is 1.74 bits per heavy atom. The summed E-state index contributed by atoms with van der Waals surface area (Å²) in [5, 5.41) is 18.4. The summed E-state index contributed by atoms with van der Waals surface area (Å²) in [7, 11) is 0. The molecule has 0 radical (unpaired) electrons. The van der Waals surface area contributed by atoms with Crippen LogP contribution in [0, 0.1) is 0 Å². The van der Waals surface area contributed by atoms with E-state index in [-0.39, 0.29) is 30.4 Å². The number of hydrogen-bond donors (Lipinski definition) is 2. The molecule has 0 fully saturated rings. The Bertz CT molecular complexity index is 420. The van der Waals surface area contributed by atoms with E-state index < -0.39 is 0 Å². The molecule has 0 amide bonds. The molecule has 0 aromatic heterocycles. The number of benzene rings is 1. The van der Waals surface area contributed by atoms with Gasteiger partial charge in [0.25, 0.3) is 0 Å². The fraction of sp³-hybridized carbons (Fsp3) is 0.462. The van der Waals surface area contributed by atoms with Gasteiger partial charge in [0, 0.05) is 31.6 Å². The molecule has 0 spiro atoms. The molecule has 0 saturated heterocycles. The van der Waals surface area contributed by atoms with E-state index in [1.807, 2.05) is 4.90 Å². The summed E-state index contributed by atoms with van der Waals surface area (Å²) in [6.07, 6.45) is 0.264. The van der Waals surface area contributed by atoms with Crippen LogP contribution in [0.3, 0.4) is 0 Å². The first-order valence-corrected chi connectivity index (χ1v) is 6.77. The number of rotatable bonds is 8. The highest BCUT2D eigenvalue weighted by Gasteiger charge is 2.14. The minimum atomic E-state index is -0.103. The van der Waals surface area contributed by atoms with Crippen LogP contribution in [0.2, 0.25) is 10.0 Å². The van der Waals surface area contributed by atoms with Gasteiger partial charge in [0.1, 0.15) is 0 Å². The maximum absolute atomic E-state index is 12.0. The van der Waals surface area contributed by atoms with Crippen molar-refractivity contribution in [1.82, 2.24) is 4.90 Å². The Morgan fingerprint density at radius 3 is 2.32 bits per heavy atom. The maximum atomic E-state index is 12.0. The molecule has 6 heteroatoms. The minimum Gasteiger partial charge on any atom is -0.395 e. The number of aliphatic hydroxyl groups excluding tert-OH is 2. The van der Waals surface area contributed by atoms with E-state index in [1.54, 1.807) is 18.2 Å². The zero-order valence-corrected chi connectivity index (χ0v) is 12.0. The topological polar surface area (TPSA) is 60.8 Å². The molecule has 1 aromatic carbocycles. The first-order chi connectivity index (χ1) is 9.10. The molecule has 0 aliphatic carbocycles. The first kappa shape index (κ1) is 16.4. The lowest BCUT2D eigenvalue weighted by atomic mass is 10.1. The van der Waals surface area contributed by atoms with Crippen molar-refractivity contribution in [3.8, 4) is 0 Å². The summed E-state index contributed by atoms with van der Waals surface area (Å²) in [6, 6.07) is 4.95. The predicted molar refractivity (Wildman–Crippen MR) is 76.0 cm³/mol. The van der Waals surface area contributed by atoms with E-state index in [4.69, 9.17) is 33.4 Å². The molecule has 0 aliphatic rings. The number of ketones is 1. The second-order valence-electron chi connectivity index (χ2n) is 4.06. The second-order valence-corrected chi connectivity index (χ2v) is 4.85. The van der Waals surface area contributed by atoms with Gasteiger partial charge in [-0.05, 0) is 12.1 Å². The van der Waals surface area contributed by atoms with Crippen molar-refractivity contribution in [3.63, 3.8) is 0 Å². The standard InChI is InChI=1S/C13H17Cl2NO3/c14-11-3-1-2-10(13(11)15)12(19)4-5-16(6-8-17)7-9-18/h1-3,17-18H,4-9H2. The minimum absolute atomic E-state index is 0.00783. The molecule has 1 rings (SSSR count). The second kappa shape index (κ2) is 8.51. The highest BCUT2D eigenvalue weighted by Crippen LogP contribution is 2.26. The summed E-state index contributed by atoms with van der Waals surface area (Å²) in [5.74, 6) is -0.103. The fourth-order valence-corrected chi connectivity index (χ4v) is 2.14. The molecule has 0 unspecified atom stereocenters. The zero-order valence-electron chi connectivity index (χ0n) is 10.5. The Balaban J connectivity index is 2.61. The van der Waals surface area contributed by atoms with Crippen molar-refractivity contribution >= 4 is 29.0 Å². The van der Waals surface area contributed by atoms with Crippen molar-refractivity contribution in [3.05, 3.63) is 33.8 Å². The lowest BCUT2D eigenvalue weighted by Crippen LogP contribution is -2.32. The molecule has 19 heavy (non-hydrogen) atoms. The number of aliphatic hydroxyl groups is 2. The predicted octanol–water partition coefficient (Wildman–Crippen LogP) is 1.85. The third-order valence-electron chi connectivity index (χ3n) is 2.74. The molecule has 1 aromatic rings. The van der Waals surface area contributed by atoms with E-state index in [0.717, 1.165) is 0 Å².